The third-order valence-corrected chi connectivity index (χ3v) is 7.36. The zero-order valence-corrected chi connectivity index (χ0v) is 23.8. The van der Waals surface area contributed by atoms with Crippen LogP contribution in [0.15, 0.2) is 41.5 Å². The summed E-state index contributed by atoms with van der Waals surface area (Å²) in [6.07, 6.45) is -2.35. The molecular weight excluding hydrogens is 595 g/mol. The second-order valence-corrected chi connectivity index (χ2v) is 10.2. The highest BCUT2D eigenvalue weighted by Gasteiger charge is 2.47. The lowest BCUT2D eigenvalue weighted by molar-refractivity contribution is -0.144. The van der Waals surface area contributed by atoms with Gasteiger partial charge in [-0.05, 0) is 49.2 Å². The molecule has 44 heavy (non-hydrogen) atoms. The van der Waals surface area contributed by atoms with Gasteiger partial charge >= 0.3 is 24.2 Å². The first-order valence-corrected chi connectivity index (χ1v) is 13.6. The van der Waals surface area contributed by atoms with Gasteiger partial charge in [-0.15, -0.1) is 0 Å². The standard InChI is InChI=1S/C28H31F5N6O5/c1-43-14-21-22(25(40)44-2)24(15-5-6-18(29)19(30)12-15)39(27(42)38-21)26(41)37-11-10-34-16-7-9-35-20(13-16)23-17(28(31,32)33)4-3-8-36-23/h3-6,8,12,16,20,22,24,34-35H,7,9-11,13-14H2,1-2H3,(H,37,41)/t16?,20?,22?,24-/m0/s1. The maximum atomic E-state index is 14.2. The molecule has 1 fully saturated rings. The lowest BCUT2D eigenvalue weighted by Gasteiger charge is -2.37. The smallest absolute Gasteiger partial charge is 0.418 e. The summed E-state index contributed by atoms with van der Waals surface area (Å²) in [5, 5.41) is 8.81. The molecule has 2 aliphatic heterocycles. The van der Waals surface area contributed by atoms with Crippen LogP contribution in [0.1, 0.15) is 41.7 Å². The molecule has 2 aliphatic rings. The molecular formula is C28H31F5N6O5. The number of aromatic nitrogens is 1. The molecule has 16 heteroatoms. The summed E-state index contributed by atoms with van der Waals surface area (Å²) in [4.78, 5) is 47.6. The Labute approximate surface area is 249 Å². The number of hydrogen-bond acceptors (Lipinski definition) is 8. The van der Waals surface area contributed by atoms with Crippen LogP contribution < -0.4 is 16.0 Å². The molecule has 1 saturated heterocycles. The van der Waals surface area contributed by atoms with E-state index in [0.29, 0.717) is 24.3 Å². The number of piperidine rings is 1. The van der Waals surface area contributed by atoms with Crippen LogP contribution in [0.3, 0.4) is 0 Å². The number of nitrogens with zero attached hydrogens (tertiary/aromatic N) is 3. The summed E-state index contributed by atoms with van der Waals surface area (Å²) in [7, 11) is 2.39. The summed E-state index contributed by atoms with van der Waals surface area (Å²) >= 11 is 0. The van der Waals surface area contributed by atoms with E-state index in [1.165, 1.54) is 19.4 Å². The number of aliphatic imine (C=N–C) groups is 1. The molecule has 1 aromatic carbocycles. The van der Waals surface area contributed by atoms with E-state index in [1.807, 2.05) is 0 Å². The molecule has 0 saturated carbocycles. The van der Waals surface area contributed by atoms with E-state index < -0.39 is 59.4 Å². The Morgan fingerprint density at radius 1 is 1.14 bits per heavy atom. The number of urea groups is 2. The molecule has 4 rings (SSSR count). The molecule has 4 amide bonds. The number of nitrogens with one attached hydrogen (secondary N) is 3. The van der Waals surface area contributed by atoms with Crippen LogP contribution in [0, 0.1) is 17.6 Å². The van der Waals surface area contributed by atoms with Crippen LogP contribution in [-0.2, 0) is 20.4 Å². The Kier molecular flexibility index (Phi) is 10.6. The van der Waals surface area contributed by atoms with Crippen molar-refractivity contribution in [2.24, 2.45) is 10.9 Å². The molecule has 238 valence electrons. The zero-order chi connectivity index (χ0) is 32.0. The first-order chi connectivity index (χ1) is 21.0. The summed E-state index contributed by atoms with van der Waals surface area (Å²) in [5.74, 6) is -4.68. The van der Waals surface area contributed by atoms with Gasteiger partial charge in [0.05, 0.1) is 42.8 Å². The Morgan fingerprint density at radius 3 is 2.59 bits per heavy atom. The van der Waals surface area contributed by atoms with Gasteiger partial charge in [0.15, 0.2) is 11.6 Å². The number of ether oxygens (including phenoxy) is 2. The minimum atomic E-state index is -4.55. The van der Waals surface area contributed by atoms with Crippen LogP contribution in [0.25, 0.3) is 0 Å². The number of alkyl halides is 3. The van der Waals surface area contributed by atoms with E-state index in [4.69, 9.17) is 9.47 Å². The normalized spacial score (nSPS) is 22.4. The summed E-state index contributed by atoms with van der Waals surface area (Å²) in [6, 6.07) is 0.620. The fourth-order valence-electron chi connectivity index (χ4n) is 5.39. The van der Waals surface area contributed by atoms with Gasteiger partial charge in [-0.2, -0.15) is 18.2 Å². The van der Waals surface area contributed by atoms with Gasteiger partial charge < -0.3 is 25.4 Å². The van der Waals surface area contributed by atoms with Crippen LogP contribution in [0.4, 0.5) is 31.5 Å². The summed E-state index contributed by atoms with van der Waals surface area (Å²) in [5.41, 5.74) is -1.03. The van der Waals surface area contributed by atoms with Crippen molar-refractivity contribution >= 4 is 23.7 Å². The van der Waals surface area contributed by atoms with Gasteiger partial charge in [0.2, 0.25) is 0 Å². The van der Waals surface area contributed by atoms with E-state index in [1.54, 1.807) is 0 Å². The maximum absolute atomic E-state index is 14.2. The summed E-state index contributed by atoms with van der Waals surface area (Å²) < 4.78 is 78.4. The molecule has 3 N–H and O–H groups in total. The fraction of sp³-hybridized carbons (Fsp3) is 0.464. The van der Waals surface area contributed by atoms with Crippen molar-refractivity contribution in [2.75, 3.05) is 40.5 Å². The Hall–Kier alpha value is -4.02. The minimum Gasteiger partial charge on any atom is -0.468 e. The number of hydrogen-bond donors (Lipinski definition) is 3. The molecule has 2 aromatic rings. The van der Waals surface area contributed by atoms with Crippen molar-refractivity contribution in [1.29, 1.82) is 0 Å². The van der Waals surface area contributed by atoms with E-state index in [9.17, 15) is 36.3 Å². The zero-order valence-electron chi connectivity index (χ0n) is 23.8. The van der Waals surface area contributed by atoms with Crippen molar-refractivity contribution in [2.45, 2.75) is 37.1 Å². The molecule has 3 unspecified atom stereocenters. The molecule has 3 heterocycles. The molecule has 0 spiro atoms. The maximum Gasteiger partial charge on any atom is 0.418 e. The Bertz CT molecular complexity index is 1410. The van der Waals surface area contributed by atoms with Crippen molar-refractivity contribution in [1.82, 2.24) is 25.8 Å². The lowest BCUT2D eigenvalue weighted by atomic mass is 9.86. The third kappa shape index (κ3) is 7.36. The molecule has 0 bridgehead atoms. The molecule has 1 aromatic heterocycles. The van der Waals surface area contributed by atoms with Crippen molar-refractivity contribution < 1.29 is 45.8 Å². The quantitative estimate of drug-likeness (QED) is 0.219. The first-order valence-electron chi connectivity index (χ1n) is 13.6. The van der Waals surface area contributed by atoms with Gasteiger partial charge in [-0.1, -0.05) is 6.07 Å². The lowest BCUT2D eigenvalue weighted by Crippen LogP contribution is -2.54. The monoisotopic (exact) mass is 626 g/mol. The fourth-order valence-corrected chi connectivity index (χ4v) is 5.39. The number of amides is 4. The topological polar surface area (TPSA) is 134 Å². The average Bonchev–Trinajstić information content (AvgIpc) is 3.00. The number of benzene rings is 1. The highest BCUT2D eigenvalue weighted by Crippen LogP contribution is 2.37. The predicted molar refractivity (Wildman–Crippen MR) is 146 cm³/mol. The summed E-state index contributed by atoms with van der Waals surface area (Å²) in [6.45, 7) is 0.299. The van der Waals surface area contributed by atoms with Crippen LogP contribution in [0.5, 0.6) is 0 Å². The number of methoxy groups -OCH3 is 2. The number of carbonyl (C=O) groups is 3. The minimum absolute atomic E-state index is 0.0311. The van der Waals surface area contributed by atoms with E-state index >= 15 is 0 Å². The SMILES string of the molecule is COCC1=NC(=O)N(C(=O)NCCNC2CCNC(c3ncccc3C(F)(F)F)C2)[C@@H](c2ccc(F)c(F)c2)C1C(=O)OC. The van der Waals surface area contributed by atoms with Crippen LogP contribution >= 0.6 is 0 Å². The van der Waals surface area contributed by atoms with Gasteiger partial charge in [-0.3, -0.25) is 9.78 Å². The van der Waals surface area contributed by atoms with Gasteiger partial charge in [-0.25, -0.2) is 23.3 Å². The van der Waals surface area contributed by atoms with Gasteiger partial charge in [0, 0.05) is 32.4 Å². The number of halogens is 5. The number of carbonyl (C=O) groups excluding carboxylic acids is 3. The highest BCUT2D eigenvalue weighted by molar-refractivity contribution is 6.12. The van der Waals surface area contributed by atoms with E-state index in [0.717, 1.165) is 31.4 Å². The average molecular weight is 627 g/mol. The van der Waals surface area contributed by atoms with Crippen LogP contribution in [0.2, 0.25) is 0 Å². The Morgan fingerprint density at radius 2 is 1.91 bits per heavy atom. The molecule has 11 nitrogen and oxygen atoms in total. The second-order valence-electron chi connectivity index (χ2n) is 10.2. The van der Waals surface area contributed by atoms with Crippen molar-refractivity contribution in [3.63, 3.8) is 0 Å². The van der Waals surface area contributed by atoms with Crippen LogP contribution in [-0.4, -0.2) is 80.1 Å². The third-order valence-electron chi connectivity index (χ3n) is 7.36. The Balaban J connectivity index is 1.46. The van der Waals surface area contributed by atoms with Gasteiger partial charge in [0.25, 0.3) is 0 Å². The first kappa shape index (κ1) is 32.9. The highest BCUT2D eigenvalue weighted by atomic mass is 19.4. The number of esters is 1. The predicted octanol–water partition coefficient (Wildman–Crippen LogP) is 3.52. The second kappa shape index (κ2) is 14.2. The van der Waals surface area contributed by atoms with E-state index in [-0.39, 0.29) is 42.7 Å². The largest absolute Gasteiger partial charge is 0.468 e. The van der Waals surface area contributed by atoms with Crippen molar-refractivity contribution in [3.05, 3.63) is 65.0 Å². The number of rotatable bonds is 9. The number of pyridine rings is 1. The van der Waals surface area contributed by atoms with Crippen molar-refractivity contribution in [3.8, 4) is 0 Å². The molecule has 0 aliphatic carbocycles. The molecule has 4 atom stereocenters. The van der Waals surface area contributed by atoms with E-state index in [2.05, 4.69) is 25.9 Å². The van der Waals surface area contributed by atoms with Gasteiger partial charge in [0.1, 0.15) is 5.92 Å². The number of imide groups is 1. The molecule has 0 radical (unpaired) electrons.